The highest BCUT2D eigenvalue weighted by Gasteiger charge is 2.23. The van der Waals surface area contributed by atoms with Crippen molar-refractivity contribution < 1.29 is 9.90 Å². The molecule has 0 radical (unpaired) electrons. The van der Waals surface area contributed by atoms with E-state index in [1.807, 2.05) is 20.0 Å². The molecule has 3 N–H and O–H groups in total. The van der Waals surface area contributed by atoms with Crippen LogP contribution in [0.1, 0.15) is 43.5 Å². The topological polar surface area (TPSA) is 74.2 Å². The van der Waals surface area contributed by atoms with Crippen LogP contribution in [0.5, 0.6) is 0 Å². The number of urea groups is 1. The van der Waals surface area contributed by atoms with Crippen LogP contribution >= 0.6 is 11.3 Å². The van der Waals surface area contributed by atoms with E-state index in [1.165, 1.54) is 4.88 Å². The fourth-order valence-electron chi connectivity index (χ4n) is 1.80. The monoisotopic (exact) mass is 299 g/mol. The molecule has 2 amide bonds. The van der Waals surface area contributed by atoms with Crippen LogP contribution in [0.25, 0.3) is 0 Å². The summed E-state index contributed by atoms with van der Waals surface area (Å²) in [6, 6.07) is -0.185. The molecule has 1 rings (SSSR count). The van der Waals surface area contributed by atoms with E-state index in [1.54, 1.807) is 11.3 Å². The highest BCUT2D eigenvalue weighted by atomic mass is 32.1. The first-order chi connectivity index (χ1) is 9.53. The standard InChI is InChI=1S/C14H25N3O2S/c1-4-11-10-16-12(20-11)6-8-15-13(19)17-14(3,5-2)7-9-18/h10,18H,4-9H2,1-3H3,(H2,15,17,19). The molecule has 0 fully saturated rings. The summed E-state index contributed by atoms with van der Waals surface area (Å²) in [4.78, 5) is 17.4. The van der Waals surface area contributed by atoms with Crippen molar-refractivity contribution in [2.75, 3.05) is 13.2 Å². The average Bonchev–Trinajstić information content (AvgIpc) is 2.87. The summed E-state index contributed by atoms with van der Waals surface area (Å²) in [7, 11) is 0. The summed E-state index contributed by atoms with van der Waals surface area (Å²) >= 11 is 1.69. The fraction of sp³-hybridized carbons (Fsp3) is 0.714. The van der Waals surface area contributed by atoms with E-state index in [2.05, 4.69) is 22.5 Å². The Morgan fingerprint density at radius 2 is 2.25 bits per heavy atom. The zero-order chi connectivity index (χ0) is 15.0. The Balaban J connectivity index is 2.32. The predicted molar refractivity (Wildman–Crippen MR) is 82.1 cm³/mol. The smallest absolute Gasteiger partial charge is 0.315 e. The maximum atomic E-state index is 11.8. The molecule has 1 atom stereocenters. The van der Waals surface area contributed by atoms with Crippen molar-refractivity contribution in [2.45, 2.75) is 52.0 Å². The van der Waals surface area contributed by atoms with Gasteiger partial charge in [-0.1, -0.05) is 13.8 Å². The van der Waals surface area contributed by atoms with Crippen LogP contribution in [0, 0.1) is 0 Å². The number of rotatable bonds is 8. The Hall–Kier alpha value is -1.14. The second-order valence-electron chi connectivity index (χ2n) is 5.09. The van der Waals surface area contributed by atoms with E-state index < -0.39 is 0 Å². The summed E-state index contributed by atoms with van der Waals surface area (Å²) in [5, 5.41) is 15.8. The summed E-state index contributed by atoms with van der Waals surface area (Å²) in [5.41, 5.74) is -0.352. The normalized spacial score (nSPS) is 13.8. The third-order valence-electron chi connectivity index (χ3n) is 3.43. The van der Waals surface area contributed by atoms with Gasteiger partial charge in [0.25, 0.3) is 0 Å². The number of aromatic nitrogens is 1. The second-order valence-corrected chi connectivity index (χ2v) is 6.29. The average molecular weight is 299 g/mol. The molecule has 1 unspecified atom stereocenters. The van der Waals surface area contributed by atoms with Crippen LogP contribution in [0.2, 0.25) is 0 Å². The van der Waals surface area contributed by atoms with Crippen molar-refractivity contribution in [1.82, 2.24) is 15.6 Å². The number of carbonyl (C=O) groups is 1. The van der Waals surface area contributed by atoms with Gasteiger partial charge in [0.15, 0.2) is 0 Å². The van der Waals surface area contributed by atoms with E-state index in [9.17, 15) is 4.79 Å². The molecule has 0 saturated carbocycles. The second kappa shape index (κ2) is 8.21. The Kier molecular flexibility index (Phi) is 6.95. The molecular weight excluding hydrogens is 274 g/mol. The summed E-state index contributed by atoms with van der Waals surface area (Å²) in [5.74, 6) is 0. The number of aliphatic hydroxyl groups excluding tert-OH is 1. The molecule has 0 aliphatic carbocycles. The van der Waals surface area contributed by atoms with Crippen molar-refractivity contribution in [3.05, 3.63) is 16.1 Å². The van der Waals surface area contributed by atoms with Gasteiger partial charge in [0.2, 0.25) is 0 Å². The molecule has 0 aliphatic rings. The summed E-state index contributed by atoms with van der Waals surface area (Å²) in [6.07, 6.45) is 4.99. The third-order valence-corrected chi connectivity index (χ3v) is 4.63. The lowest BCUT2D eigenvalue weighted by atomic mass is 9.95. The molecule has 114 valence electrons. The SMILES string of the molecule is CCc1cnc(CCNC(=O)NC(C)(CC)CCO)s1. The molecule has 1 aromatic rings. The lowest BCUT2D eigenvalue weighted by Crippen LogP contribution is -2.50. The number of carbonyl (C=O) groups excluding carboxylic acids is 1. The number of hydrogen-bond acceptors (Lipinski definition) is 4. The van der Waals surface area contributed by atoms with Crippen molar-refractivity contribution in [3.63, 3.8) is 0 Å². The van der Waals surface area contributed by atoms with Crippen molar-refractivity contribution in [3.8, 4) is 0 Å². The Labute approximate surface area is 124 Å². The van der Waals surface area contributed by atoms with Gasteiger partial charge < -0.3 is 15.7 Å². The highest BCUT2D eigenvalue weighted by Crippen LogP contribution is 2.14. The minimum atomic E-state index is -0.352. The number of aliphatic hydroxyl groups is 1. The summed E-state index contributed by atoms with van der Waals surface area (Å²) < 4.78 is 0. The number of amides is 2. The van der Waals surface area contributed by atoms with Crippen LogP contribution in [-0.2, 0) is 12.8 Å². The Bertz CT molecular complexity index is 422. The molecule has 0 spiro atoms. The van der Waals surface area contributed by atoms with Crippen LogP contribution in [0.15, 0.2) is 6.20 Å². The van der Waals surface area contributed by atoms with E-state index in [4.69, 9.17) is 5.11 Å². The van der Waals surface area contributed by atoms with E-state index in [-0.39, 0.29) is 18.2 Å². The predicted octanol–water partition coefficient (Wildman–Crippen LogP) is 2.10. The van der Waals surface area contributed by atoms with Gasteiger partial charge in [-0.3, -0.25) is 0 Å². The fourth-order valence-corrected chi connectivity index (χ4v) is 2.66. The van der Waals surface area contributed by atoms with E-state index in [0.29, 0.717) is 13.0 Å². The lowest BCUT2D eigenvalue weighted by molar-refractivity contribution is 0.201. The van der Waals surface area contributed by atoms with Crippen LogP contribution in [0.3, 0.4) is 0 Å². The number of nitrogens with one attached hydrogen (secondary N) is 2. The number of hydrogen-bond donors (Lipinski definition) is 3. The molecule has 0 aliphatic heterocycles. The van der Waals surface area contributed by atoms with Gasteiger partial charge in [-0.25, -0.2) is 9.78 Å². The van der Waals surface area contributed by atoms with Gasteiger partial charge in [0.05, 0.1) is 5.01 Å². The van der Waals surface area contributed by atoms with Gasteiger partial charge in [0, 0.05) is 36.2 Å². The lowest BCUT2D eigenvalue weighted by Gasteiger charge is -2.28. The van der Waals surface area contributed by atoms with Gasteiger partial charge in [-0.2, -0.15) is 0 Å². The molecule has 6 heteroatoms. The highest BCUT2D eigenvalue weighted by molar-refractivity contribution is 7.11. The Morgan fingerprint density at radius 1 is 1.50 bits per heavy atom. The van der Waals surface area contributed by atoms with E-state index in [0.717, 1.165) is 24.3 Å². The van der Waals surface area contributed by atoms with Crippen molar-refractivity contribution in [1.29, 1.82) is 0 Å². The first kappa shape index (κ1) is 16.9. The van der Waals surface area contributed by atoms with Crippen molar-refractivity contribution in [2.24, 2.45) is 0 Å². The number of thiazole rings is 1. The number of nitrogens with zero attached hydrogens (tertiary/aromatic N) is 1. The molecule has 20 heavy (non-hydrogen) atoms. The molecular formula is C14H25N3O2S. The Morgan fingerprint density at radius 3 is 2.80 bits per heavy atom. The molecule has 1 aromatic heterocycles. The maximum absolute atomic E-state index is 11.8. The van der Waals surface area contributed by atoms with Crippen LogP contribution in [0.4, 0.5) is 4.79 Å². The van der Waals surface area contributed by atoms with Gasteiger partial charge in [0.1, 0.15) is 0 Å². The minimum absolute atomic E-state index is 0.0729. The largest absolute Gasteiger partial charge is 0.396 e. The van der Waals surface area contributed by atoms with Gasteiger partial charge in [-0.15, -0.1) is 11.3 Å². The third kappa shape index (κ3) is 5.46. The van der Waals surface area contributed by atoms with Crippen molar-refractivity contribution >= 4 is 17.4 Å². The maximum Gasteiger partial charge on any atom is 0.315 e. The summed E-state index contributed by atoms with van der Waals surface area (Å²) in [6.45, 7) is 6.69. The molecule has 5 nitrogen and oxygen atoms in total. The number of aryl methyl sites for hydroxylation is 1. The van der Waals surface area contributed by atoms with Crippen LogP contribution < -0.4 is 10.6 Å². The molecule has 0 bridgehead atoms. The first-order valence-electron chi connectivity index (χ1n) is 7.13. The van der Waals surface area contributed by atoms with Gasteiger partial charge >= 0.3 is 6.03 Å². The molecule has 1 heterocycles. The quantitative estimate of drug-likeness (QED) is 0.688. The first-order valence-corrected chi connectivity index (χ1v) is 7.95. The van der Waals surface area contributed by atoms with Crippen LogP contribution in [-0.4, -0.2) is 34.8 Å². The molecule has 0 aromatic carbocycles. The zero-order valence-electron chi connectivity index (χ0n) is 12.5. The van der Waals surface area contributed by atoms with Gasteiger partial charge in [-0.05, 0) is 26.2 Å². The minimum Gasteiger partial charge on any atom is -0.396 e. The molecule has 0 saturated heterocycles. The zero-order valence-corrected chi connectivity index (χ0v) is 13.3. The van der Waals surface area contributed by atoms with E-state index >= 15 is 0 Å².